The van der Waals surface area contributed by atoms with E-state index >= 15 is 0 Å². The molecule has 2 heterocycles. The van der Waals surface area contributed by atoms with Crippen LogP contribution in [0.25, 0.3) is 0 Å². The van der Waals surface area contributed by atoms with E-state index in [1.54, 1.807) is 13.4 Å². The number of furan rings is 1. The van der Waals surface area contributed by atoms with Crippen LogP contribution in [0.15, 0.2) is 52.1 Å². The van der Waals surface area contributed by atoms with Crippen LogP contribution in [-0.4, -0.2) is 50.2 Å². The Kier molecular flexibility index (Phi) is 10.3. The number of likely N-dealkylation sites (tertiary alicyclic amines) is 1. The Bertz CT molecular complexity index is 736. The first-order chi connectivity index (χ1) is 13.8. The van der Waals surface area contributed by atoms with Crippen molar-refractivity contribution in [3.05, 3.63) is 54.0 Å². The number of methoxy groups -OCH3 is 1. The number of likely N-dealkylation sites (N-methyl/N-ethyl adjacent to an activating group) is 1. The third-order valence-electron chi connectivity index (χ3n) is 5.21. The monoisotopic (exact) mass is 512 g/mol. The lowest BCUT2D eigenvalue weighted by Gasteiger charge is -2.24. The second kappa shape index (κ2) is 12.7. The van der Waals surface area contributed by atoms with Crippen molar-refractivity contribution in [1.29, 1.82) is 0 Å². The molecule has 0 saturated carbocycles. The standard InChI is InChI=1S/C22H32N4O2.HI/c1-3-26-13-5-8-19(26)17-25-22(23-12-11-20-10-6-14-28-20)24-16-18-7-4-9-21(15-18)27-2;/h4,6-7,9-10,14-15,19H,3,5,8,11-13,16-17H2,1-2H3,(H2,23,24,25);1H. The molecule has 29 heavy (non-hydrogen) atoms. The lowest BCUT2D eigenvalue weighted by molar-refractivity contribution is 0.267. The third kappa shape index (κ3) is 7.54. The van der Waals surface area contributed by atoms with Gasteiger partial charge in [-0.15, -0.1) is 24.0 Å². The molecule has 160 valence electrons. The Morgan fingerprint density at radius 1 is 1.28 bits per heavy atom. The van der Waals surface area contributed by atoms with Crippen LogP contribution >= 0.6 is 24.0 Å². The molecule has 0 aliphatic carbocycles. The Balaban J connectivity index is 0.00000300. The minimum atomic E-state index is 0. The molecule has 1 aromatic carbocycles. The lowest BCUT2D eigenvalue weighted by Crippen LogP contribution is -2.45. The largest absolute Gasteiger partial charge is 0.497 e. The summed E-state index contributed by atoms with van der Waals surface area (Å²) in [7, 11) is 1.69. The summed E-state index contributed by atoms with van der Waals surface area (Å²) in [5.41, 5.74) is 1.13. The molecule has 7 heteroatoms. The van der Waals surface area contributed by atoms with Crippen LogP contribution in [0.5, 0.6) is 5.75 Å². The minimum Gasteiger partial charge on any atom is -0.497 e. The molecule has 1 atom stereocenters. The van der Waals surface area contributed by atoms with Gasteiger partial charge in [0.25, 0.3) is 0 Å². The van der Waals surface area contributed by atoms with Gasteiger partial charge in [0, 0.05) is 25.6 Å². The van der Waals surface area contributed by atoms with Crippen LogP contribution in [0.2, 0.25) is 0 Å². The van der Waals surface area contributed by atoms with Gasteiger partial charge < -0.3 is 19.8 Å². The van der Waals surface area contributed by atoms with Gasteiger partial charge in [-0.2, -0.15) is 0 Å². The van der Waals surface area contributed by atoms with Crippen LogP contribution in [0, 0.1) is 0 Å². The molecule has 6 nitrogen and oxygen atoms in total. The van der Waals surface area contributed by atoms with Gasteiger partial charge in [-0.05, 0) is 55.8 Å². The summed E-state index contributed by atoms with van der Waals surface area (Å²) in [6.07, 6.45) is 5.07. The Morgan fingerprint density at radius 2 is 2.17 bits per heavy atom. The molecule has 1 aromatic heterocycles. The molecule has 1 fully saturated rings. The SMILES string of the molecule is CCN1CCCC1CNC(=NCc1cccc(OC)c1)NCCc1ccco1.I. The van der Waals surface area contributed by atoms with E-state index in [9.17, 15) is 0 Å². The maximum Gasteiger partial charge on any atom is 0.191 e. The molecule has 1 aliphatic rings. The van der Waals surface area contributed by atoms with Gasteiger partial charge in [-0.25, -0.2) is 4.99 Å². The van der Waals surface area contributed by atoms with E-state index in [0.29, 0.717) is 12.6 Å². The highest BCUT2D eigenvalue weighted by Gasteiger charge is 2.22. The molecular weight excluding hydrogens is 479 g/mol. The van der Waals surface area contributed by atoms with Crippen molar-refractivity contribution in [2.75, 3.05) is 33.3 Å². The number of hydrogen-bond acceptors (Lipinski definition) is 4. The van der Waals surface area contributed by atoms with Gasteiger partial charge in [0.05, 0.1) is 19.9 Å². The highest BCUT2D eigenvalue weighted by molar-refractivity contribution is 14.0. The van der Waals surface area contributed by atoms with Gasteiger partial charge in [0.15, 0.2) is 5.96 Å². The number of halogens is 1. The number of hydrogen-bond donors (Lipinski definition) is 2. The van der Waals surface area contributed by atoms with Gasteiger partial charge >= 0.3 is 0 Å². The molecule has 0 spiro atoms. The van der Waals surface area contributed by atoms with Crippen molar-refractivity contribution in [2.45, 2.75) is 38.8 Å². The predicted octanol–water partition coefficient (Wildman–Crippen LogP) is 3.67. The number of guanidine groups is 1. The van der Waals surface area contributed by atoms with Gasteiger partial charge in [-0.3, -0.25) is 4.90 Å². The fourth-order valence-corrected chi connectivity index (χ4v) is 3.63. The number of rotatable bonds is 9. The van der Waals surface area contributed by atoms with Gasteiger partial charge in [0.2, 0.25) is 0 Å². The highest BCUT2D eigenvalue weighted by atomic mass is 127. The zero-order valence-electron chi connectivity index (χ0n) is 17.4. The van der Waals surface area contributed by atoms with Crippen LogP contribution in [0.4, 0.5) is 0 Å². The van der Waals surface area contributed by atoms with Gasteiger partial charge in [-0.1, -0.05) is 19.1 Å². The van der Waals surface area contributed by atoms with Gasteiger partial charge in [0.1, 0.15) is 11.5 Å². The average molecular weight is 512 g/mol. The minimum absolute atomic E-state index is 0. The number of benzene rings is 1. The van der Waals surface area contributed by atoms with Crippen LogP contribution in [-0.2, 0) is 13.0 Å². The predicted molar refractivity (Wildman–Crippen MR) is 128 cm³/mol. The normalized spacial score (nSPS) is 17.0. The molecule has 1 unspecified atom stereocenters. The molecule has 2 aromatic rings. The fraction of sp³-hybridized carbons (Fsp3) is 0.500. The van der Waals surface area contributed by atoms with E-state index in [-0.39, 0.29) is 24.0 Å². The quantitative estimate of drug-likeness (QED) is 0.305. The van der Waals surface area contributed by atoms with E-state index in [2.05, 4.69) is 28.5 Å². The summed E-state index contributed by atoms with van der Waals surface area (Å²) < 4.78 is 10.7. The molecule has 0 bridgehead atoms. The van der Waals surface area contributed by atoms with Crippen LogP contribution in [0.3, 0.4) is 0 Å². The summed E-state index contributed by atoms with van der Waals surface area (Å²) in [5, 5.41) is 6.98. The van der Waals surface area contributed by atoms with Crippen molar-refractivity contribution in [2.24, 2.45) is 4.99 Å². The van der Waals surface area contributed by atoms with Crippen molar-refractivity contribution < 1.29 is 9.15 Å². The first-order valence-corrected chi connectivity index (χ1v) is 10.2. The summed E-state index contributed by atoms with van der Waals surface area (Å²) in [5.74, 6) is 2.68. The van der Waals surface area contributed by atoms with Crippen molar-refractivity contribution in [3.8, 4) is 5.75 Å². The zero-order chi connectivity index (χ0) is 19.6. The second-order valence-electron chi connectivity index (χ2n) is 7.08. The maximum atomic E-state index is 5.42. The lowest BCUT2D eigenvalue weighted by atomic mass is 10.2. The first kappa shape index (κ1) is 23.5. The zero-order valence-corrected chi connectivity index (χ0v) is 19.7. The van der Waals surface area contributed by atoms with Crippen molar-refractivity contribution >= 4 is 29.9 Å². The molecule has 1 aliphatic heterocycles. The smallest absolute Gasteiger partial charge is 0.191 e. The van der Waals surface area contributed by atoms with E-state index in [4.69, 9.17) is 14.1 Å². The Labute approximate surface area is 191 Å². The highest BCUT2D eigenvalue weighted by Crippen LogP contribution is 2.16. The van der Waals surface area contributed by atoms with Crippen LogP contribution < -0.4 is 15.4 Å². The Hall–Kier alpha value is -1.74. The molecule has 0 radical (unpaired) electrons. The number of nitrogens with zero attached hydrogens (tertiary/aromatic N) is 2. The van der Waals surface area contributed by atoms with E-state index in [1.807, 2.05) is 30.3 Å². The summed E-state index contributed by atoms with van der Waals surface area (Å²) >= 11 is 0. The topological polar surface area (TPSA) is 62.0 Å². The Morgan fingerprint density at radius 3 is 2.93 bits per heavy atom. The third-order valence-corrected chi connectivity index (χ3v) is 5.21. The summed E-state index contributed by atoms with van der Waals surface area (Å²) in [6.45, 7) is 6.84. The van der Waals surface area contributed by atoms with Crippen molar-refractivity contribution in [1.82, 2.24) is 15.5 Å². The molecular formula is C22H33IN4O2. The maximum absolute atomic E-state index is 5.42. The molecule has 1 saturated heterocycles. The molecule has 0 amide bonds. The first-order valence-electron chi connectivity index (χ1n) is 10.2. The van der Waals surface area contributed by atoms with Crippen molar-refractivity contribution in [3.63, 3.8) is 0 Å². The van der Waals surface area contributed by atoms with Crippen LogP contribution in [0.1, 0.15) is 31.1 Å². The van der Waals surface area contributed by atoms with E-state index in [0.717, 1.165) is 49.1 Å². The average Bonchev–Trinajstić information content (AvgIpc) is 3.41. The number of aliphatic imine (C=N–C) groups is 1. The number of ether oxygens (including phenoxy) is 1. The van der Waals surface area contributed by atoms with E-state index in [1.165, 1.54) is 19.4 Å². The molecule has 3 rings (SSSR count). The number of nitrogens with one attached hydrogen (secondary N) is 2. The van der Waals surface area contributed by atoms with E-state index < -0.39 is 0 Å². The summed E-state index contributed by atoms with van der Waals surface area (Å²) in [6, 6.07) is 12.6. The fourth-order valence-electron chi connectivity index (χ4n) is 3.63. The summed E-state index contributed by atoms with van der Waals surface area (Å²) in [4.78, 5) is 7.33. The second-order valence-corrected chi connectivity index (χ2v) is 7.08. The molecule has 2 N–H and O–H groups in total.